The van der Waals surface area contributed by atoms with Crippen LogP contribution in [0.1, 0.15) is 61.5 Å². The van der Waals surface area contributed by atoms with Crippen LogP contribution in [0.3, 0.4) is 0 Å². The largest absolute Gasteiger partial charge is 0.508 e. The predicted molar refractivity (Wildman–Crippen MR) is 78.7 cm³/mol. The molecule has 1 aromatic carbocycles. The van der Waals surface area contributed by atoms with Crippen LogP contribution in [0.15, 0.2) is 18.2 Å². The number of aromatic hydroxyl groups is 1. The van der Waals surface area contributed by atoms with Gasteiger partial charge in [-0.15, -0.1) is 0 Å². The Morgan fingerprint density at radius 1 is 1.40 bits per heavy atom. The summed E-state index contributed by atoms with van der Waals surface area (Å²) in [5.41, 5.74) is 1.48. The molecule has 4 rings (SSSR count). The van der Waals surface area contributed by atoms with Gasteiger partial charge in [0.05, 0.1) is 8.85 Å². The van der Waals surface area contributed by atoms with E-state index in [1.165, 1.54) is 0 Å². The number of hydrogen-bond donors (Lipinski definition) is 2. The van der Waals surface area contributed by atoms with Crippen LogP contribution in [0.2, 0.25) is 0 Å². The first-order valence-corrected chi connectivity index (χ1v) is 7.67. The summed E-state index contributed by atoms with van der Waals surface area (Å²) < 4.78 is 32.4. The minimum atomic E-state index is -1.54. The van der Waals surface area contributed by atoms with Gasteiger partial charge in [0.2, 0.25) is 0 Å². The molecule has 0 heterocycles. The molecule has 2 N–H and O–H groups in total. The van der Waals surface area contributed by atoms with E-state index < -0.39 is 12.5 Å². The van der Waals surface area contributed by atoms with Crippen molar-refractivity contribution in [3.05, 3.63) is 29.3 Å². The molecule has 0 aliphatic heterocycles. The van der Waals surface area contributed by atoms with Crippen molar-refractivity contribution >= 4 is 0 Å². The van der Waals surface area contributed by atoms with Crippen LogP contribution in [0.4, 0.5) is 0 Å². The second-order valence-corrected chi connectivity index (χ2v) is 6.97. The zero-order chi connectivity index (χ0) is 17.4. The van der Waals surface area contributed by atoms with Gasteiger partial charge >= 0.3 is 0 Å². The first-order chi connectivity index (χ1) is 11.2. The molecule has 1 unspecified atom stereocenters. The van der Waals surface area contributed by atoms with Crippen LogP contribution >= 0.6 is 0 Å². The highest BCUT2D eigenvalue weighted by atomic mass is 16.3. The van der Waals surface area contributed by atoms with Gasteiger partial charge in [0, 0.05) is 2.74 Å². The first-order valence-electron chi connectivity index (χ1n) is 9.67. The van der Waals surface area contributed by atoms with Gasteiger partial charge in [-0.1, -0.05) is 13.0 Å². The van der Waals surface area contributed by atoms with Gasteiger partial charge in [-0.2, -0.15) is 0 Å². The van der Waals surface area contributed by atoms with Gasteiger partial charge in [-0.25, -0.2) is 0 Å². The second kappa shape index (κ2) is 4.24. The third kappa shape index (κ3) is 1.60. The Hall–Kier alpha value is -1.02. The van der Waals surface area contributed by atoms with Crippen LogP contribution in [0.25, 0.3) is 0 Å². The summed E-state index contributed by atoms with van der Waals surface area (Å²) in [6.45, 7) is 2.03. The lowest BCUT2D eigenvalue weighted by Crippen LogP contribution is -2.43. The molecule has 20 heavy (non-hydrogen) atoms. The lowest BCUT2D eigenvalue weighted by Gasteiger charge is -2.50. The Labute approximate surface area is 126 Å². The van der Waals surface area contributed by atoms with Crippen LogP contribution in [0, 0.1) is 17.3 Å². The van der Waals surface area contributed by atoms with E-state index in [-0.39, 0.29) is 41.0 Å². The van der Waals surface area contributed by atoms with Gasteiger partial charge in [-0.05, 0) is 84.9 Å². The number of rotatable bonds is 0. The molecule has 3 aliphatic carbocycles. The Bertz CT molecular complexity index is 705. The molecule has 0 aromatic heterocycles. The number of fused-ring (bicyclic) bond motifs is 5. The Balaban J connectivity index is 1.77. The molecule has 0 amide bonds. The number of hydrogen-bond acceptors (Lipinski definition) is 2. The van der Waals surface area contributed by atoms with Gasteiger partial charge in [0.1, 0.15) is 5.75 Å². The molecule has 0 bridgehead atoms. The van der Waals surface area contributed by atoms with Gasteiger partial charge in [0.15, 0.2) is 0 Å². The second-order valence-electron chi connectivity index (χ2n) is 6.97. The van der Waals surface area contributed by atoms with E-state index >= 15 is 0 Å². The van der Waals surface area contributed by atoms with Gasteiger partial charge < -0.3 is 10.2 Å². The smallest absolute Gasteiger partial charge is 0.115 e. The molecule has 0 spiro atoms. The molecule has 2 nitrogen and oxygen atoms in total. The van der Waals surface area contributed by atoms with E-state index in [9.17, 15) is 10.2 Å². The fourth-order valence-corrected chi connectivity index (χ4v) is 4.95. The molecule has 0 radical (unpaired) electrons. The van der Waals surface area contributed by atoms with Crippen molar-refractivity contribution in [2.75, 3.05) is 0 Å². The normalized spacial score (nSPS) is 48.1. The Morgan fingerprint density at radius 2 is 2.25 bits per heavy atom. The van der Waals surface area contributed by atoms with Gasteiger partial charge in [-0.3, -0.25) is 0 Å². The standard InChI is InChI=1S/C18H24O2/c1-18-9-8-14-13-5-3-12(19)10-11(13)2-4-15(14)16(18)6-7-17(18)20/h3,5,10,14-17,19-20H,2,4,6-9H2,1H3/t14-,15-,16+,17?,18+/m1/s1/i3D,7D2,10D. The molecule has 2 fully saturated rings. The van der Waals surface area contributed by atoms with Crippen LogP contribution in [-0.2, 0) is 6.42 Å². The minimum absolute atomic E-state index is 0.00882. The SMILES string of the molecule is [2H]c1cc2c(c([2H])c1O)CC[C@@H]1[C@@H]2CC[C@]2(C)C(O)C([2H])([2H])C[C@@H]12. The summed E-state index contributed by atoms with van der Waals surface area (Å²) in [5.74, 6) is 0.389. The third-order valence-corrected chi connectivity index (χ3v) is 6.14. The number of aliphatic hydroxyl groups excluding tert-OH is 1. The van der Waals surface area contributed by atoms with Crippen molar-refractivity contribution in [1.29, 1.82) is 0 Å². The van der Waals surface area contributed by atoms with Crippen molar-refractivity contribution in [1.82, 2.24) is 0 Å². The highest BCUT2D eigenvalue weighted by Crippen LogP contribution is 2.60. The van der Waals surface area contributed by atoms with E-state index in [2.05, 4.69) is 0 Å². The summed E-state index contributed by atoms with van der Waals surface area (Å²) in [7, 11) is 0. The molecule has 3 aliphatic rings. The Kier molecular flexibility index (Phi) is 1.93. The maximum absolute atomic E-state index is 10.6. The van der Waals surface area contributed by atoms with Crippen molar-refractivity contribution < 1.29 is 15.7 Å². The van der Waals surface area contributed by atoms with Crippen molar-refractivity contribution in [3.8, 4) is 5.75 Å². The van der Waals surface area contributed by atoms with Crippen molar-refractivity contribution in [3.63, 3.8) is 0 Å². The maximum Gasteiger partial charge on any atom is 0.115 e. The molecule has 108 valence electrons. The summed E-state index contributed by atoms with van der Waals surface area (Å²) >= 11 is 0. The molecule has 0 saturated heterocycles. The van der Waals surface area contributed by atoms with E-state index in [1.807, 2.05) is 6.92 Å². The van der Waals surface area contributed by atoms with Crippen molar-refractivity contribution in [2.45, 2.75) is 57.4 Å². The van der Waals surface area contributed by atoms with Crippen molar-refractivity contribution in [2.24, 2.45) is 17.3 Å². The molecule has 5 atom stereocenters. The van der Waals surface area contributed by atoms with Gasteiger partial charge in [0.25, 0.3) is 0 Å². The van der Waals surface area contributed by atoms with E-state index in [1.54, 1.807) is 6.07 Å². The number of phenols is 1. The number of aliphatic hydroxyl groups is 1. The van der Waals surface area contributed by atoms with E-state index in [0.29, 0.717) is 12.8 Å². The lowest BCUT2D eigenvalue weighted by molar-refractivity contribution is -0.0226. The number of phenolic OH excluding ortho intramolecular Hbond substituents is 1. The average molecular weight is 276 g/mol. The molecule has 2 heteroatoms. The number of benzene rings is 1. The lowest BCUT2D eigenvalue weighted by atomic mass is 9.55. The van der Waals surface area contributed by atoms with Crippen LogP contribution in [-0.4, -0.2) is 16.3 Å². The monoisotopic (exact) mass is 276 g/mol. The summed E-state index contributed by atoms with van der Waals surface area (Å²) in [4.78, 5) is 0. The Morgan fingerprint density at radius 3 is 3.10 bits per heavy atom. The molecular formula is C18H24O2. The fraction of sp³-hybridized carbons (Fsp3) is 0.667. The highest BCUT2D eigenvalue weighted by Gasteiger charge is 2.54. The fourth-order valence-electron chi connectivity index (χ4n) is 4.95. The summed E-state index contributed by atoms with van der Waals surface area (Å²) in [6, 6.07) is 1.81. The minimum Gasteiger partial charge on any atom is -0.508 e. The first kappa shape index (κ1) is 9.09. The van der Waals surface area contributed by atoms with Crippen LogP contribution < -0.4 is 0 Å². The molecular weight excluding hydrogens is 248 g/mol. The van der Waals surface area contributed by atoms with E-state index in [0.717, 1.165) is 30.4 Å². The maximum atomic E-state index is 10.6. The van der Waals surface area contributed by atoms with Crippen LogP contribution in [0.5, 0.6) is 5.75 Å². The molecule has 1 aromatic rings. The predicted octanol–water partition coefficient (Wildman–Crippen LogP) is 3.61. The quantitative estimate of drug-likeness (QED) is 0.760. The average Bonchev–Trinajstić information content (AvgIpc) is 2.72. The summed E-state index contributed by atoms with van der Waals surface area (Å²) in [6.07, 6.45) is 1.10. The topological polar surface area (TPSA) is 40.5 Å². The third-order valence-electron chi connectivity index (χ3n) is 6.14. The zero-order valence-corrected chi connectivity index (χ0v) is 11.8. The summed E-state index contributed by atoms with van der Waals surface area (Å²) in [5, 5.41) is 20.4. The van der Waals surface area contributed by atoms with E-state index in [4.69, 9.17) is 5.48 Å². The highest BCUT2D eigenvalue weighted by molar-refractivity contribution is 5.40. The zero-order valence-electron chi connectivity index (χ0n) is 15.8. The molecule has 2 saturated carbocycles.